The molecule has 1 aromatic carbocycles. The topological polar surface area (TPSA) is 75.7 Å². The number of carbonyl (C=O) groups is 1. The summed E-state index contributed by atoms with van der Waals surface area (Å²) in [6.07, 6.45) is 3.49. The van der Waals surface area contributed by atoms with Gasteiger partial charge in [-0.15, -0.1) is 0 Å². The van der Waals surface area contributed by atoms with E-state index in [1.165, 1.54) is 12.3 Å². The van der Waals surface area contributed by atoms with Gasteiger partial charge in [0.2, 0.25) is 5.91 Å². The Hall–Kier alpha value is -1.74. The maximum absolute atomic E-state index is 13.4. The largest absolute Gasteiger partial charge is 0.491 e. The molecule has 9 heteroatoms. The summed E-state index contributed by atoms with van der Waals surface area (Å²) in [4.78, 5) is 14.1. The standard InChI is InChI=1S/C18H26F2N2O4S/c1-27(24,25)12-10-22-8-6-15(7-9-22)21-18(23)3-2-11-26-17-5-4-14(19)13-16(17)20/h4-5,13,15H,2-3,6-12H2,1H3,(H,21,23). The summed E-state index contributed by atoms with van der Waals surface area (Å²) in [5, 5.41) is 2.97. The molecule has 1 aromatic rings. The van der Waals surface area contributed by atoms with Gasteiger partial charge >= 0.3 is 0 Å². The number of halogens is 2. The van der Waals surface area contributed by atoms with Gasteiger partial charge in [0.05, 0.1) is 12.4 Å². The van der Waals surface area contributed by atoms with E-state index in [9.17, 15) is 22.0 Å². The second kappa shape index (κ2) is 9.98. The molecule has 1 aliphatic rings. The summed E-state index contributed by atoms with van der Waals surface area (Å²) in [7, 11) is -2.96. The number of piperidine rings is 1. The van der Waals surface area contributed by atoms with Crippen LogP contribution < -0.4 is 10.1 Å². The molecule has 1 heterocycles. The Morgan fingerprint density at radius 1 is 1.30 bits per heavy atom. The van der Waals surface area contributed by atoms with Crippen molar-refractivity contribution in [3.63, 3.8) is 0 Å². The van der Waals surface area contributed by atoms with Crippen LogP contribution in [0, 0.1) is 11.6 Å². The minimum atomic E-state index is -2.96. The minimum absolute atomic E-state index is 0.0294. The number of sulfone groups is 1. The second-order valence-electron chi connectivity index (χ2n) is 6.84. The molecule has 27 heavy (non-hydrogen) atoms. The highest BCUT2D eigenvalue weighted by atomic mass is 32.2. The Morgan fingerprint density at radius 3 is 2.63 bits per heavy atom. The lowest BCUT2D eigenvalue weighted by Gasteiger charge is -2.32. The van der Waals surface area contributed by atoms with Crippen LogP contribution in [-0.4, -0.2) is 63.5 Å². The lowest BCUT2D eigenvalue weighted by atomic mass is 10.0. The van der Waals surface area contributed by atoms with E-state index in [1.807, 2.05) is 0 Å². The maximum atomic E-state index is 13.4. The molecule has 0 aliphatic carbocycles. The van der Waals surface area contributed by atoms with Crippen LogP contribution in [0.1, 0.15) is 25.7 Å². The smallest absolute Gasteiger partial charge is 0.220 e. The van der Waals surface area contributed by atoms with Crippen molar-refractivity contribution in [1.29, 1.82) is 0 Å². The maximum Gasteiger partial charge on any atom is 0.220 e. The Balaban J connectivity index is 1.60. The van der Waals surface area contributed by atoms with Crippen LogP contribution >= 0.6 is 0 Å². The van der Waals surface area contributed by atoms with E-state index in [0.29, 0.717) is 13.0 Å². The Kier molecular flexibility index (Phi) is 7.97. The zero-order valence-electron chi connectivity index (χ0n) is 15.4. The summed E-state index contributed by atoms with van der Waals surface area (Å²) in [6.45, 7) is 2.21. The van der Waals surface area contributed by atoms with Crippen LogP contribution in [0.5, 0.6) is 5.75 Å². The summed E-state index contributed by atoms with van der Waals surface area (Å²) < 4.78 is 53.8. The molecule has 0 spiro atoms. The normalized spacial score (nSPS) is 16.3. The fourth-order valence-electron chi connectivity index (χ4n) is 2.90. The molecule has 0 unspecified atom stereocenters. The zero-order chi connectivity index (χ0) is 19.9. The van der Waals surface area contributed by atoms with Gasteiger partial charge in [0.15, 0.2) is 11.6 Å². The third kappa shape index (κ3) is 8.21. The van der Waals surface area contributed by atoms with Gasteiger partial charge in [-0.1, -0.05) is 0 Å². The molecule has 0 radical (unpaired) electrons. The van der Waals surface area contributed by atoms with Gasteiger partial charge in [-0.3, -0.25) is 4.79 Å². The van der Waals surface area contributed by atoms with Crippen molar-refractivity contribution < 1.29 is 26.7 Å². The lowest BCUT2D eigenvalue weighted by Crippen LogP contribution is -2.45. The zero-order valence-corrected chi connectivity index (χ0v) is 16.2. The van der Waals surface area contributed by atoms with Crippen LogP contribution in [0.25, 0.3) is 0 Å². The van der Waals surface area contributed by atoms with Crippen LogP contribution in [0.3, 0.4) is 0 Å². The molecule has 2 rings (SSSR count). The number of nitrogens with one attached hydrogen (secondary N) is 1. The van der Waals surface area contributed by atoms with Crippen molar-refractivity contribution in [1.82, 2.24) is 10.2 Å². The summed E-state index contributed by atoms with van der Waals surface area (Å²) in [5.41, 5.74) is 0. The van der Waals surface area contributed by atoms with Gasteiger partial charge in [0.25, 0.3) is 0 Å². The first kappa shape index (κ1) is 21.6. The van der Waals surface area contributed by atoms with Crippen LogP contribution in [-0.2, 0) is 14.6 Å². The number of likely N-dealkylation sites (tertiary alicyclic amines) is 1. The van der Waals surface area contributed by atoms with Crippen molar-refractivity contribution >= 4 is 15.7 Å². The third-order valence-electron chi connectivity index (χ3n) is 4.43. The number of rotatable bonds is 9. The molecule has 0 bridgehead atoms. The summed E-state index contributed by atoms with van der Waals surface area (Å²) >= 11 is 0. The van der Waals surface area contributed by atoms with E-state index in [2.05, 4.69) is 10.2 Å². The molecule has 1 saturated heterocycles. The molecule has 1 aliphatic heterocycles. The third-order valence-corrected chi connectivity index (χ3v) is 5.35. The molecule has 0 saturated carbocycles. The first-order chi connectivity index (χ1) is 12.7. The van der Waals surface area contributed by atoms with Crippen molar-refractivity contribution in [2.75, 3.05) is 38.2 Å². The first-order valence-electron chi connectivity index (χ1n) is 9.00. The molecule has 0 aromatic heterocycles. The number of ether oxygens (including phenoxy) is 1. The summed E-state index contributed by atoms with van der Waals surface area (Å²) in [5.74, 6) is -1.40. The second-order valence-corrected chi connectivity index (χ2v) is 9.10. The van der Waals surface area contributed by atoms with Gasteiger partial charge in [0, 0.05) is 44.4 Å². The van der Waals surface area contributed by atoms with Gasteiger partial charge < -0.3 is 15.0 Å². The molecule has 6 nitrogen and oxygen atoms in total. The first-order valence-corrected chi connectivity index (χ1v) is 11.1. The van der Waals surface area contributed by atoms with Crippen molar-refractivity contribution in [3.8, 4) is 5.75 Å². The van der Waals surface area contributed by atoms with Gasteiger partial charge in [-0.25, -0.2) is 17.2 Å². The quantitative estimate of drug-likeness (QED) is 0.635. The number of benzene rings is 1. The predicted molar refractivity (Wildman–Crippen MR) is 98.4 cm³/mol. The Bertz CT molecular complexity index is 735. The Labute approximate surface area is 158 Å². The monoisotopic (exact) mass is 404 g/mol. The number of carbonyl (C=O) groups excluding carboxylic acids is 1. The van der Waals surface area contributed by atoms with Gasteiger partial charge in [0.1, 0.15) is 15.7 Å². The molecular weight excluding hydrogens is 378 g/mol. The highest BCUT2D eigenvalue weighted by molar-refractivity contribution is 7.90. The number of nitrogens with zero attached hydrogens (tertiary/aromatic N) is 1. The number of hydrogen-bond acceptors (Lipinski definition) is 5. The molecule has 1 amide bonds. The highest BCUT2D eigenvalue weighted by Crippen LogP contribution is 2.18. The van der Waals surface area contributed by atoms with E-state index >= 15 is 0 Å². The highest BCUT2D eigenvalue weighted by Gasteiger charge is 2.21. The lowest BCUT2D eigenvalue weighted by molar-refractivity contribution is -0.122. The minimum Gasteiger partial charge on any atom is -0.491 e. The average molecular weight is 404 g/mol. The molecule has 1 fully saturated rings. The summed E-state index contributed by atoms with van der Waals surface area (Å²) in [6, 6.07) is 3.18. The van der Waals surface area contributed by atoms with E-state index in [-0.39, 0.29) is 36.5 Å². The van der Waals surface area contributed by atoms with Crippen molar-refractivity contribution in [3.05, 3.63) is 29.8 Å². The van der Waals surface area contributed by atoms with Crippen LogP contribution in [0.15, 0.2) is 18.2 Å². The molecule has 1 N–H and O–H groups in total. The predicted octanol–water partition coefficient (Wildman–Crippen LogP) is 1.75. The molecule has 152 valence electrons. The average Bonchev–Trinajstić information content (AvgIpc) is 2.59. The SMILES string of the molecule is CS(=O)(=O)CCN1CCC(NC(=O)CCCOc2ccc(F)cc2F)CC1. The van der Waals surface area contributed by atoms with E-state index in [1.54, 1.807) is 0 Å². The van der Waals surface area contributed by atoms with Gasteiger partial charge in [-0.05, 0) is 31.4 Å². The fourth-order valence-corrected chi connectivity index (χ4v) is 3.49. The Morgan fingerprint density at radius 2 is 2.00 bits per heavy atom. The van der Waals surface area contributed by atoms with Gasteiger partial charge in [-0.2, -0.15) is 0 Å². The van der Waals surface area contributed by atoms with Crippen molar-refractivity contribution in [2.24, 2.45) is 0 Å². The van der Waals surface area contributed by atoms with Crippen LogP contribution in [0.4, 0.5) is 8.78 Å². The molecular formula is C18H26F2N2O4S. The van der Waals surface area contributed by atoms with E-state index < -0.39 is 21.5 Å². The van der Waals surface area contributed by atoms with Crippen molar-refractivity contribution in [2.45, 2.75) is 31.7 Å². The van der Waals surface area contributed by atoms with E-state index in [0.717, 1.165) is 38.1 Å². The van der Waals surface area contributed by atoms with Crippen LogP contribution in [0.2, 0.25) is 0 Å². The number of amides is 1. The molecule has 0 atom stereocenters. The number of hydrogen-bond donors (Lipinski definition) is 1. The van der Waals surface area contributed by atoms with E-state index in [4.69, 9.17) is 4.74 Å². The fraction of sp³-hybridized carbons (Fsp3) is 0.611.